The van der Waals surface area contributed by atoms with Crippen LogP contribution in [0.5, 0.6) is 5.75 Å². The number of hydrogen-bond donors (Lipinski definition) is 0. The molecular weight excluding hydrogens is 649 g/mol. The highest BCUT2D eigenvalue weighted by Crippen LogP contribution is 2.50. The van der Waals surface area contributed by atoms with Gasteiger partial charge in [-0.1, -0.05) is 121 Å². The van der Waals surface area contributed by atoms with Crippen LogP contribution in [0.2, 0.25) is 0 Å². The first-order valence-electron chi connectivity index (χ1n) is 18.0. The summed E-state index contributed by atoms with van der Waals surface area (Å²) in [7, 11) is 0. The maximum Gasteiger partial charge on any atom is 0.227 e. The van der Waals surface area contributed by atoms with Crippen molar-refractivity contribution in [1.29, 1.82) is 0 Å². The fourth-order valence-electron chi connectivity index (χ4n) is 7.64. The number of benzene rings is 7. The van der Waals surface area contributed by atoms with Gasteiger partial charge in [-0.2, -0.15) is 0 Å². The Morgan fingerprint density at radius 2 is 0.981 bits per heavy atom. The minimum atomic E-state index is 0.0796. The van der Waals surface area contributed by atoms with Gasteiger partial charge in [0.05, 0.1) is 5.92 Å². The van der Waals surface area contributed by atoms with Gasteiger partial charge in [0.15, 0.2) is 5.58 Å². The van der Waals surface area contributed by atoms with E-state index in [1.165, 1.54) is 33.4 Å². The molecule has 0 fully saturated rings. The Morgan fingerprint density at radius 1 is 0.472 bits per heavy atom. The Morgan fingerprint density at radius 3 is 1.60 bits per heavy atom. The first-order chi connectivity index (χ1) is 26.2. The van der Waals surface area contributed by atoms with Gasteiger partial charge in [0.1, 0.15) is 17.0 Å². The molecule has 0 spiro atoms. The fraction of sp³-hybridized carbons (Fsp3) is 0.0408. The molecule has 0 amide bonds. The zero-order valence-electron chi connectivity index (χ0n) is 28.9. The summed E-state index contributed by atoms with van der Waals surface area (Å²) < 4.78 is 12.6. The van der Waals surface area contributed by atoms with E-state index in [-0.39, 0.29) is 5.92 Å². The number of nitrogens with zero attached hydrogens (tertiary/aromatic N) is 2. The maximum atomic E-state index is 6.35. The summed E-state index contributed by atoms with van der Waals surface area (Å²) in [5.41, 5.74) is 14.3. The van der Waals surface area contributed by atoms with E-state index in [0.717, 1.165) is 57.2 Å². The quantitative estimate of drug-likeness (QED) is 0.168. The largest absolute Gasteiger partial charge is 0.461 e. The number of aromatic nitrogens is 1. The molecule has 0 bridgehead atoms. The Hall–Kier alpha value is -6.91. The van der Waals surface area contributed by atoms with Gasteiger partial charge in [0.25, 0.3) is 0 Å². The number of hydrogen-bond acceptors (Lipinski definition) is 4. The highest BCUT2D eigenvalue weighted by Gasteiger charge is 2.35. The molecule has 1 unspecified atom stereocenters. The van der Waals surface area contributed by atoms with Gasteiger partial charge < -0.3 is 14.1 Å². The number of fused-ring (bicyclic) bond motifs is 5. The van der Waals surface area contributed by atoms with Crippen molar-refractivity contribution in [3.05, 3.63) is 205 Å². The summed E-state index contributed by atoms with van der Waals surface area (Å²) in [5.74, 6) is 2.53. The third-order valence-electron chi connectivity index (χ3n) is 10.3. The zero-order valence-corrected chi connectivity index (χ0v) is 28.9. The van der Waals surface area contributed by atoms with Gasteiger partial charge >= 0.3 is 0 Å². The lowest BCUT2D eigenvalue weighted by Gasteiger charge is -2.26. The summed E-state index contributed by atoms with van der Waals surface area (Å²) in [6, 6.07) is 61.7. The molecule has 2 aliphatic rings. The van der Waals surface area contributed by atoms with E-state index in [4.69, 9.17) is 14.1 Å². The third-order valence-corrected chi connectivity index (χ3v) is 10.3. The summed E-state index contributed by atoms with van der Waals surface area (Å²) in [4.78, 5) is 7.28. The summed E-state index contributed by atoms with van der Waals surface area (Å²) >= 11 is 0. The Bertz CT molecular complexity index is 2620. The van der Waals surface area contributed by atoms with Crippen LogP contribution in [-0.2, 0) is 0 Å². The number of anilines is 3. The summed E-state index contributed by atoms with van der Waals surface area (Å²) in [6.45, 7) is 0. The van der Waals surface area contributed by atoms with Crippen LogP contribution < -0.4 is 9.64 Å². The molecule has 4 nitrogen and oxygen atoms in total. The second kappa shape index (κ2) is 13.0. The molecule has 1 aromatic heterocycles. The lowest BCUT2D eigenvalue weighted by atomic mass is 9.85. The van der Waals surface area contributed by atoms with E-state index in [2.05, 4.69) is 151 Å². The van der Waals surface area contributed by atoms with Crippen molar-refractivity contribution in [3.63, 3.8) is 0 Å². The van der Waals surface area contributed by atoms with Crippen LogP contribution in [0.25, 0.3) is 50.4 Å². The van der Waals surface area contributed by atoms with Crippen molar-refractivity contribution >= 4 is 33.7 Å². The van der Waals surface area contributed by atoms with E-state index in [1.54, 1.807) is 0 Å². The number of para-hydroxylation sites is 1. The van der Waals surface area contributed by atoms with Gasteiger partial charge in [0, 0.05) is 28.2 Å². The lowest BCUT2D eigenvalue weighted by molar-refractivity contribution is 0.426. The van der Waals surface area contributed by atoms with E-state index < -0.39 is 0 Å². The smallest absolute Gasteiger partial charge is 0.227 e. The zero-order chi connectivity index (χ0) is 35.1. The predicted molar refractivity (Wildman–Crippen MR) is 215 cm³/mol. The van der Waals surface area contributed by atoms with Crippen LogP contribution in [-0.4, -0.2) is 4.98 Å². The third kappa shape index (κ3) is 5.71. The standard InChI is InChI=1S/C49H34N2O2/c1-4-10-33(11-5-1)34-16-18-35(19-17-34)36-20-25-41(26-21-36)51(40-14-8-3-9-15-40)42-27-22-37(23-28-42)39-24-29-44-43(32-39)47-45(52-44)30-31-46-48(47)50-49(53-46)38-12-6-2-7-13-38/h1-31,43H,32H2. The van der Waals surface area contributed by atoms with E-state index >= 15 is 0 Å². The number of allylic oxidation sites excluding steroid dienone is 4. The monoisotopic (exact) mass is 682 g/mol. The summed E-state index contributed by atoms with van der Waals surface area (Å²) in [6.07, 6.45) is 5.14. The van der Waals surface area contributed by atoms with Crippen molar-refractivity contribution < 1.29 is 9.15 Å². The minimum Gasteiger partial charge on any atom is -0.461 e. The highest BCUT2D eigenvalue weighted by molar-refractivity contribution is 5.86. The molecule has 1 aliphatic carbocycles. The van der Waals surface area contributed by atoms with Crippen LogP contribution in [0.4, 0.5) is 17.1 Å². The van der Waals surface area contributed by atoms with Gasteiger partial charge in [-0.25, -0.2) is 4.98 Å². The molecule has 0 saturated carbocycles. The molecule has 4 heteroatoms. The first-order valence-corrected chi connectivity index (χ1v) is 18.0. The van der Waals surface area contributed by atoms with E-state index in [1.807, 2.05) is 42.5 Å². The number of oxazole rings is 1. The van der Waals surface area contributed by atoms with Gasteiger partial charge in [0.2, 0.25) is 5.89 Å². The topological polar surface area (TPSA) is 38.5 Å². The molecule has 7 aromatic carbocycles. The van der Waals surface area contributed by atoms with Crippen LogP contribution in [0.15, 0.2) is 198 Å². The van der Waals surface area contributed by atoms with Crippen LogP contribution >= 0.6 is 0 Å². The lowest BCUT2D eigenvalue weighted by Crippen LogP contribution is -2.10. The van der Waals surface area contributed by atoms with Gasteiger partial charge in [-0.15, -0.1) is 0 Å². The van der Waals surface area contributed by atoms with Crippen molar-refractivity contribution in [2.45, 2.75) is 12.3 Å². The molecule has 252 valence electrons. The molecule has 8 aromatic rings. The van der Waals surface area contributed by atoms with Crippen LogP contribution in [0.3, 0.4) is 0 Å². The van der Waals surface area contributed by atoms with E-state index in [9.17, 15) is 0 Å². The average Bonchev–Trinajstić information content (AvgIpc) is 3.84. The maximum absolute atomic E-state index is 6.35. The molecule has 10 rings (SSSR count). The molecular formula is C49H34N2O2. The minimum absolute atomic E-state index is 0.0796. The molecule has 0 N–H and O–H groups in total. The molecule has 1 atom stereocenters. The van der Waals surface area contributed by atoms with Crippen molar-refractivity contribution in [2.75, 3.05) is 4.90 Å². The van der Waals surface area contributed by atoms with Crippen LogP contribution in [0, 0.1) is 0 Å². The van der Waals surface area contributed by atoms with Gasteiger partial charge in [-0.3, -0.25) is 0 Å². The van der Waals surface area contributed by atoms with Crippen molar-refractivity contribution in [1.82, 2.24) is 4.98 Å². The number of ether oxygens (including phenoxy) is 1. The molecule has 1 aliphatic heterocycles. The van der Waals surface area contributed by atoms with E-state index in [0.29, 0.717) is 5.89 Å². The Kier molecular flexibility index (Phi) is 7.58. The second-order valence-electron chi connectivity index (χ2n) is 13.5. The Balaban J connectivity index is 0.922. The normalized spacial score (nSPS) is 14.5. The highest BCUT2D eigenvalue weighted by atomic mass is 16.5. The van der Waals surface area contributed by atoms with Crippen molar-refractivity contribution in [3.8, 4) is 39.5 Å². The molecule has 0 radical (unpaired) electrons. The first kappa shape index (κ1) is 30.9. The molecule has 2 heterocycles. The van der Waals surface area contributed by atoms with Crippen molar-refractivity contribution in [2.24, 2.45) is 0 Å². The summed E-state index contributed by atoms with van der Waals surface area (Å²) in [5, 5.41) is 0. The molecule has 0 saturated heterocycles. The SMILES string of the molecule is C1=C(c2ccc(N(c3ccccc3)c3ccc(-c4ccc(-c5ccccc5)cc4)cc3)cc2)CC2C(=C1)Oc1ccc3oc(-c4ccccc4)nc3c12. The number of rotatable bonds is 7. The predicted octanol–water partition coefficient (Wildman–Crippen LogP) is 13.1. The fourth-order valence-corrected chi connectivity index (χ4v) is 7.64. The van der Waals surface area contributed by atoms with Crippen LogP contribution in [0.1, 0.15) is 23.5 Å². The second-order valence-corrected chi connectivity index (χ2v) is 13.5. The Labute approximate surface area is 308 Å². The van der Waals surface area contributed by atoms with Gasteiger partial charge in [-0.05, 0) is 107 Å². The average molecular weight is 683 g/mol. The molecule has 53 heavy (non-hydrogen) atoms.